The molecule has 4 heteroatoms. The van der Waals surface area contributed by atoms with Gasteiger partial charge in [-0.1, -0.05) is 24.3 Å². The Morgan fingerprint density at radius 2 is 1.69 bits per heavy atom. The van der Waals surface area contributed by atoms with Crippen molar-refractivity contribution in [1.82, 2.24) is 0 Å². The zero-order valence-corrected chi connectivity index (χ0v) is 8.18. The van der Waals surface area contributed by atoms with Gasteiger partial charge in [-0.25, -0.2) is 9.59 Å². The molecule has 0 aromatic heterocycles. The van der Waals surface area contributed by atoms with Crippen LogP contribution in [0.25, 0.3) is 10.8 Å². The van der Waals surface area contributed by atoms with Crippen LogP contribution < -0.4 is 0 Å². The summed E-state index contributed by atoms with van der Waals surface area (Å²) in [5.74, 6) is 0. The smallest absolute Gasteiger partial charge is 0.211 e. The van der Waals surface area contributed by atoms with Gasteiger partial charge in [-0.3, -0.25) is 0 Å². The number of hydrogen-bond donors (Lipinski definition) is 0. The second-order valence-electron chi connectivity index (χ2n) is 3.09. The Kier molecular flexibility index (Phi) is 2.70. The number of benzene rings is 2. The summed E-state index contributed by atoms with van der Waals surface area (Å²) in [6, 6.07) is 10.6. The van der Waals surface area contributed by atoms with E-state index in [1.807, 2.05) is 24.3 Å². The first-order valence-electron chi connectivity index (χ1n) is 4.53. The lowest BCUT2D eigenvalue weighted by Gasteiger charge is -2.01. The highest BCUT2D eigenvalue weighted by Crippen LogP contribution is 2.30. The van der Waals surface area contributed by atoms with E-state index in [1.165, 1.54) is 18.2 Å². The molecule has 0 aliphatic heterocycles. The van der Waals surface area contributed by atoms with Crippen LogP contribution in [0.2, 0.25) is 0 Å². The molecule has 76 valence electrons. The zero-order chi connectivity index (χ0) is 11.4. The summed E-state index contributed by atoms with van der Waals surface area (Å²) in [5.41, 5.74) is 0.866. The molecule has 0 aliphatic rings. The molecule has 0 saturated heterocycles. The lowest BCUT2D eigenvalue weighted by atomic mass is 10.1. The molecule has 0 fully saturated rings. The largest absolute Gasteiger partial charge is 0.240 e. The lowest BCUT2D eigenvalue weighted by molar-refractivity contribution is 0.565. The van der Waals surface area contributed by atoms with Crippen molar-refractivity contribution in [1.29, 1.82) is 0 Å². The van der Waals surface area contributed by atoms with Crippen LogP contribution >= 0.6 is 0 Å². The molecule has 4 nitrogen and oxygen atoms in total. The average Bonchev–Trinajstić information content (AvgIpc) is 2.30. The van der Waals surface area contributed by atoms with Crippen LogP contribution in [0.15, 0.2) is 46.4 Å². The first-order valence-corrected chi connectivity index (χ1v) is 4.53. The Morgan fingerprint density at radius 1 is 0.938 bits per heavy atom. The molecule has 0 bridgehead atoms. The quantitative estimate of drug-likeness (QED) is 0.565. The highest BCUT2D eigenvalue weighted by molar-refractivity contribution is 5.95. The number of rotatable bonds is 2. The number of isocyanates is 2. The van der Waals surface area contributed by atoms with Crippen LogP contribution in [0, 0.1) is 0 Å². The standard InChI is InChI=1S/C12H6N2O2/c15-7-13-10-5-9-3-1-2-4-11(9)12(6-10)14-8-16/h1-6H. The molecule has 2 rings (SSSR count). The van der Waals surface area contributed by atoms with Crippen LogP contribution in [0.3, 0.4) is 0 Å². The van der Waals surface area contributed by atoms with E-state index in [9.17, 15) is 9.59 Å². The fraction of sp³-hybridized carbons (Fsp3) is 0. The van der Waals surface area contributed by atoms with E-state index in [0.717, 1.165) is 10.8 Å². The van der Waals surface area contributed by atoms with Crippen LogP contribution in [0.1, 0.15) is 0 Å². The number of hydrogen-bond acceptors (Lipinski definition) is 4. The first kappa shape index (κ1) is 9.99. The molecule has 0 aliphatic carbocycles. The minimum absolute atomic E-state index is 0.419. The normalized spacial score (nSPS) is 9.25. The van der Waals surface area contributed by atoms with E-state index in [4.69, 9.17) is 0 Å². The third-order valence-electron chi connectivity index (χ3n) is 2.17. The van der Waals surface area contributed by atoms with Gasteiger partial charge in [-0.2, -0.15) is 9.98 Å². The van der Waals surface area contributed by atoms with Gasteiger partial charge < -0.3 is 0 Å². The molecular formula is C12H6N2O2. The van der Waals surface area contributed by atoms with Crippen LogP contribution in [0.4, 0.5) is 11.4 Å². The van der Waals surface area contributed by atoms with Gasteiger partial charge in [0.2, 0.25) is 12.2 Å². The van der Waals surface area contributed by atoms with E-state index in [0.29, 0.717) is 11.4 Å². The monoisotopic (exact) mass is 210 g/mol. The molecule has 2 aromatic carbocycles. The number of aliphatic imine (C=N–C) groups is 2. The van der Waals surface area contributed by atoms with E-state index < -0.39 is 0 Å². The summed E-state index contributed by atoms with van der Waals surface area (Å²) in [7, 11) is 0. The first-order chi connectivity index (χ1) is 7.85. The van der Waals surface area contributed by atoms with Crippen LogP contribution in [0.5, 0.6) is 0 Å². The fourth-order valence-electron chi connectivity index (χ4n) is 1.53. The predicted octanol–water partition coefficient (Wildman–Crippen LogP) is 2.77. The summed E-state index contributed by atoms with van der Waals surface area (Å²) in [6.07, 6.45) is 2.93. The van der Waals surface area contributed by atoms with Crippen LogP contribution in [-0.2, 0) is 9.59 Å². The molecule has 0 amide bonds. The predicted molar refractivity (Wildman–Crippen MR) is 59.5 cm³/mol. The Morgan fingerprint density at radius 3 is 2.44 bits per heavy atom. The van der Waals surface area contributed by atoms with Gasteiger partial charge in [0.15, 0.2) is 0 Å². The second-order valence-corrected chi connectivity index (χ2v) is 3.09. The molecule has 0 radical (unpaired) electrons. The van der Waals surface area contributed by atoms with E-state index in [-0.39, 0.29) is 0 Å². The summed E-state index contributed by atoms with van der Waals surface area (Å²) in [6.45, 7) is 0. The molecule has 2 aromatic rings. The second kappa shape index (κ2) is 4.32. The number of fused-ring (bicyclic) bond motifs is 1. The summed E-state index contributed by atoms with van der Waals surface area (Å²) in [5, 5.41) is 1.67. The van der Waals surface area contributed by atoms with E-state index >= 15 is 0 Å². The molecule has 0 spiro atoms. The molecule has 16 heavy (non-hydrogen) atoms. The van der Waals surface area contributed by atoms with Gasteiger partial charge in [-0.15, -0.1) is 0 Å². The van der Waals surface area contributed by atoms with Crippen molar-refractivity contribution in [2.24, 2.45) is 9.98 Å². The Balaban J connectivity index is 2.82. The fourth-order valence-corrected chi connectivity index (χ4v) is 1.53. The van der Waals surface area contributed by atoms with Crippen molar-refractivity contribution < 1.29 is 9.59 Å². The SMILES string of the molecule is O=C=Nc1cc(N=C=O)c2ccccc2c1. The zero-order valence-electron chi connectivity index (χ0n) is 8.18. The van der Waals surface area contributed by atoms with Gasteiger partial charge in [0.1, 0.15) is 0 Å². The maximum Gasteiger partial charge on any atom is 0.240 e. The Labute approximate surface area is 91.0 Å². The summed E-state index contributed by atoms with van der Waals surface area (Å²) >= 11 is 0. The van der Waals surface area contributed by atoms with E-state index in [2.05, 4.69) is 9.98 Å². The van der Waals surface area contributed by atoms with Crippen molar-refractivity contribution in [2.45, 2.75) is 0 Å². The summed E-state index contributed by atoms with van der Waals surface area (Å²) in [4.78, 5) is 27.6. The lowest BCUT2D eigenvalue weighted by Crippen LogP contribution is -1.74. The van der Waals surface area contributed by atoms with Gasteiger partial charge in [-0.05, 0) is 17.5 Å². The van der Waals surface area contributed by atoms with Crippen molar-refractivity contribution in [3.63, 3.8) is 0 Å². The van der Waals surface area contributed by atoms with Gasteiger partial charge in [0.25, 0.3) is 0 Å². The maximum absolute atomic E-state index is 10.3. The highest BCUT2D eigenvalue weighted by atomic mass is 16.1. The Bertz CT molecular complexity index is 637. The van der Waals surface area contributed by atoms with Crippen molar-refractivity contribution in [2.75, 3.05) is 0 Å². The highest BCUT2D eigenvalue weighted by Gasteiger charge is 2.02. The van der Waals surface area contributed by atoms with Crippen molar-refractivity contribution in [3.8, 4) is 0 Å². The molecule has 0 heterocycles. The third kappa shape index (κ3) is 1.79. The molecular weight excluding hydrogens is 204 g/mol. The number of nitrogens with zero attached hydrogens (tertiary/aromatic N) is 2. The van der Waals surface area contributed by atoms with E-state index in [1.54, 1.807) is 6.07 Å². The van der Waals surface area contributed by atoms with Crippen molar-refractivity contribution in [3.05, 3.63) is 36.4 Å². The maximum atomic E-state index is 10.3. The minimum Gasteiger partial charge on any atom is -0.211 e. The van der Waals surface area contributed by atoms with Gasteiger partial charge in [0.05, 0.1) is 11.4 Å². The average molecular weight is 210 g/mol. The molecule has 0 unspecified atom stereocenters. The van der Waals surface area contributed by atoms with Crippen molar-refractivity contribution >= 4 is 34.3 Å². The summed E-state index contributed by atoms with van der Waals surface area (Å²) < 4.78 is 0. The third-order valence-corrected chi connectivity index (χ3v) is 2.17. The molecule has 0 atom stereocenters. The Hall–Kier alpha value is -2.54. The van der Waals surface area contributed by atoms with Gasteiger partial charge in [0, 0.05) is 5.39 Å². The topological polar surface area (TPSA) is 58.9 Å². The molecule has 0 saturated carbocycles. The van der Waals surface area contributed by atoms with Gasteiger partial charge >= 0.3 is 0 Å². The van der Waals surface area contributed by atoms with Crippen LogP contribution in [-0.4, -0.2) is 12.2 Å². The molecule has 0 N–H and O–H groups in total. The minimum atomic E-state index is 0.419. The number of carbonyl (C=O) groups excluding carboxylic acids is 2.